The summed E-state index contributed by atoms with van der Waals surface area (Å²) in [5, 5.41) is 0. The minimum Gasteiger partial charge on any atom is -0.166 e. The highest BCUT2D eigenvalue weighted by molar-refractivity contribution is 6.96. The molecule has 0 unspecified atom stereocenters. The molecule has 0 saturated carbocycles. The third-order valence-electron chi connectivity index (χ3n) is 4.29. The van der Waals surface area contributed by atoms with E-state index < -0.39 is 30.2 Å². The van der Waals surface area contributed by atoms with E-state index in [0.717, 1.165) is 12.1 Å². The SMILES string of the molecule is FC(F)(F)c1ccccc1B(c1ccccc1)c1ccccc1C(F)(F)F. The molecule has 3 aromatic rings. The summed E-state index contributed by atoms with van der Waals surface area (Å²) in [7, 11) is 0. The second kappa shape index (κ2) is 7.14. The summed E-state index contributed by atoms with van der Waals surface area (Å²) in [6.45, 7) is -1.21. The van der Waals surface area contributed by atoms with Crippen molar-refractivity contribution in [3.63, 3.8) is 0 Å². The summed E-state index contributed by atoms with van der Waals surface area (Å²) in [6, 6.07) is 17.4. The molecule has 0 bridgehead atoms. The van der Waals surface area contributed by atoms with Gasteiger partial charge in [-0.3, -0.25) is 0 Å². The molecule has 0 saturated heterocycles. The second-order valence-corrected chi connectivity index (χ2v) is 6.01. The van der Waals surface area contributed by atoms with Gasteiger partial charge in [0.05, 0.1) is 11.1 Å². The maximum absolute atomic E-state index is 13.6. The largest absolute Gasteiger partial charge is 0.415 e. The number of alkyl halides is 6. The van der Waals surface area contributed by atoms with E-state index in [0.29, 0.717) is 5.46 Å². The topological polar surface area (TPSA) is 0 Å². The highest BCUT2D eigenvalue weighted by Gasteiger charge is 2.41. The summed E-state index contributed by atoms with van der Waals surface area (Å²) in [5.41, 5.74) is -1.97. The second-order valence-electron chi connectivity index (χ2n) is 6.01. The Morgan fingerprint density at radius 3 is 1.26 bits per heavy atom. The number of rotatable bonds is 3. The predicted octanol–water partition coefficient (Wildman–Crippen LogP) is 4.24. The van der Waals surface area contributed by atoms with Gasteiger partial charge in [-0.1, -0.05) is 95.3 Å². The van der Waals surface area contributed by atoms with Crippen LogP contribution in [0.1, 0.15) is 11.1 Å². The van der Waals surface area contributed by atoms with Crippen LogP contribution in [0.5, 0.6) is 0 Å². The van der Waals surface area contributed by atoms with Crippen molar-refractivity contribution < 1.29 is 26.3 Å². The van der Waals surface area contributed by atoms with Crippen LogP contribution in [0.4, 0.5) is 26.3 Å². The van der Waals surface area contributed by atoms with E-state index in [1.165, 1.54) is 48.5 Å². The molecule has 3 aromatic carbocycles. The zero-order chi connectivity index (χ0) is 19.7. The first-order valence-electron chi connectivity index (χ1n) is 8.07. The van der Waals surface area contributed by atoms with Crippen molar-refractivity contribution in [1.82, 2.24) is 0 Å². The zero-order valence-corrected chi connectivity index (χ0v) is 13.9. The molecule has 3 rings (SSSR count). The van der Waals surface area contributed by atoms with Crippen molar-refractivity contribution >= 4 is 23.1 Å². The first-order chi connectivity index (χ1) is 12.7. The molecular weight excluding hydrogens is 365 g/mol. The molecule has 0 nitrogen and oxygen atoms in total. The van der Waals surface area contributed by atoms with Crippen LogP contribution in [0.3, 0.4) is 0 Å². The van der Waals surface area contributed by atoms with Gasteiger partial charge in [0.1, 0.15) is 0 Å². The lowest BCUT2D eigenvalue weighted by atomic mass is 9.35. The molecule has 0 aliphatic heterocycles. The molecule has 0 aromatic heterocycles. The molecule has 27 heavy (non-hydrogen) atoms. The van der Waals surface area contributed by atoms with E-state index in [1.807, 2.05) is 0 Å². The Morgan fingerprint density at radius 1 is 0.481 bits per heavy atom. The number of benzene rings is 3. The average Bonchev–Trinajstić information content (AvgIpc) is 2.62. The first kappa shape index (κ1) is 19.1. The molecule has 0 N–H and O–H groups in total. The van der Waals surface area contributed by atoms with Gasteiger partial charge in [0, 0.05) is 0 Å². The van der Waals surface area contributed by atoms with Gasteiger partial charge in [0.2, 0.25) is 6.71 Å². The maximum atomic E-state index is 13.6. The highest BCUT2D eigenvalue weighted by Crippen LogP contribution is 2.30. The lowest BCUT2D eigenvalue weighted by Gasteiger charge is -2.23. The lowest BCUT2D eigenvalue weighted by molar-refractivity contribution is -0.137. The normalized spacial score (nSPS) is 12.1. The van der Waals surface area contributed by atoms with Gasteiger partial charge < -0.3 is 0 Å². The summed E-state index contributed by atoms with van der Waals surface area (Å²) >= 11 is 0. The Labute approximate surface area is 152 Å². The number of hydrogen-bond acceptors (Lipinski definition) is 0. The van der Waals surface area contributed by atoms with Crippen LogP contribution in [-0.4, -0.2) is 6.71 Å². The lowest BCUT2D eigenvalue weighted by Crippen LogP contribution is -2.55. The Morgan fingerprint density at radius 2 is 0.852 bits per heavy atom. The Kier molecular flexibility index (Phi) is 5.04. The Hall–Kier alpha value is -2.70. The molecule has 0 atom stereocenters. The third kappa shape index (κ3) is 4.02. The zero-order valence-electron chi connectivity index (χ0n) is 13.9. The fourth-order valence-corrected chi connectivity index (χ4v) is 3.19. The van der Waals surface area contributed by atoms with E-state index in [-0.39, 0.29) is 10.9 Å². The first-order valence-corrected chi connectivity index (χ1v) is 8.07. The summed E-state index contributed by atoms with van der Waals surface area (Å²) in [4.78, 5) is 0. The number of halogens is 6. The van der Waals surface area contributed by atoms with Crippen molar-refractivity contribution in [2.24, 2.45) is 0 Å². The Balaban J connectivity index is 2.32. The smallest absolute Gasteiger partial charge is 0.166 e. The molecule has 0 heterocycles. The molecule has 7 heteroatoms. The van der Waals surface area contributed by atoms with Crippen molar-refractivity contribution in [2.75, 3.05) is 0 Å². The quantitative estimate of drug-likeness (QED) is 0.473. The van der Waals surface area contributed by atoms with Gasteiger partial charge in [0.25, 0.3) is 0 Å². The minimum absolute atomic E-state index is 0.215. The van der Waals surface area contributed by atoms with Crippen molar-refractivity contribution in [3.05, 3.63) is 90.0 Å². The van der Waals surface area contributed by atoms with E-state index >= 15 is 0 Å². The van der Waals surface area contributed by atoms with Crippen molar-refractivity contribution in [3.8, 4) is 0 Å². The number of hydrogen-bond donors (Lipinski definition) is 0. The van der Waals surface area contributed by atoms with E-state index in [1.54, 1.807) is 18.2 Å². The van der Waals surface area contributed by atoms with Gasteiger partial charge in [0.15, 0.2) is 0 Å². The van der Waals surface area contributed by atoms with Crippen LogP contribution in [0, 0.1) is 0 Å². The fraction of sp³-hybridized carbons (Fsp3) is 0.100. The van der Waals surface area contributed by atoms with Crippen LogP contribution in [0.15, 0.2) is 78.9 Å². The third-order valence-corrected chi connectivity index (χ3v) is 4.29. The molecular formula is C20H13BF6. The van der Waals surface area contributed by atoms with Crippen molar-refractivity contribution in [1.29, 1.82) is 0 Å². The Bertz CT molecular complexity index is 858. The molecule has 0 fully saturated rings. The van der Waals surface area contributed by atoms with Crippen LogP contribution in [-0.2, 0) is 12.4 Å². The van der Waals surface area contributed by atoms with E-state index in [9.17, 15) is 26.3 Å². The highest BCUT2D eigenvalue weighted by atomic mass is 19.4. The molecule has 0 amide bonds. The minimum atomic E-state index is -4.68. The van der Waals surface area contributed by atoms with Crippen molar-refractivity contribution in [2.45, 2.75) is 12.4 Å². The summed E-state index contributed by atoms with van der Waals surface area (Å²) in [6.07, 6.45) is -9.37. The molecule has 0 aliphatic rings. The fourth-order valence-electron chi connectivity index (χ4n) is 3.19. The van der Waals surface area contributed by atoms with Gasteiger partial charge in [-0.25, -0.2) is 0 Å². The summed E-state index contributed by atoms with van der Waals surface area (Å²) < 4.78 is 81.3. The van der Waals surface area contributed by atoms with Crippen LogP contribution in [0.25, 0.3) is 0 Å². The predicted molar refractivity (Wildman–Crippen MR) is 94.0 cm³/mol. The summed E-state index contributed by atoms with van der Waals surface area (Å²) in [5.74, 6) is 0. The maximum Gasteiger partial charge on any atom is 0.415 e. The van der Waals surface area contributed by atoms with Gasteiger partial charge in [-0.05, 0) is 0 Å². The standard InChI is InChI=1S/C20H13BF6/c22-19(23,24)15-10-4-6-12-17(15)21(14-8-2-1-3-9-14)18-13-7-5-11-16(18)20(25,26)27/h1-13H. The van der Waals surface area contributed by atoms with Crippen LogP contribution >= 0.6 is 0 Å². The monoisotopic (exact) mass is 378 g/mol. The van der Waals surface area contributed by atoms with Gasteiger partial charge >= 0.3 is 12.4 Å². The molecule has 0 spiro atoms. The van der Waals surface area contributed by atoms with Crippen LogP contribution in [0.2, 0.25) is 0 Å². The van der Waals surface area contributed by atoms with E-state index in [2.05, 4.69) is 0 Å². The van der Waals surface area contributed by atoms with Gasteiger partial charge in [-0.15, -0.1) is 0 Å². The van der Waals surface area contributed by atoms with Crippen LogP contribution < -0.4 is 16.4 Å². The molecule has 0 radical (unpaired) electrons. The average molecular weight is 378 g/mol. The van der Waals surface area contributed by atoms with E-state index in [4.69, 9.17) is 0 Å². The molecule has 0 aliphatic carbocycles. The molecule has 138 valence electrons. The van der Waals surface area contributed by atoms with Gasteiger partial charge in [-0.2, -0.15) is 26.3 Å².